The molecule has 0 spiro atoms. The molecule has 2 heterocycles. The number of urea groups is 1. The fraction of sp³-hybridized carbons (Fsp3) is 0.280. The summed E-state index contributed by atoms with van der Waals surface area (Å²) >= 11 is 0. The second-order valence-corrected chi connectivity index (χ2v) is 8.19. The molecule has 0 saturated carbocycles. The first kappa shape index (κ1) is 22.4. The molecule has 1 aliphatic heterocycles. The molecule has 2 amide bonds. The number of aromatic nitrogens is 1. The summed E-state index contributed by atoms with van der Waals surface area (Å²) in [5.74, 6) is 1.25. The number of carbonyl (C=O) groups is 2. The number of rotatable bonds is 6. The fourth-order valence-electron chi connectivity index (χ4n) is 3.98. The Labute approximate surface area is 192 Å². The monoisotopic (exact) mass is 448 g/mol. The highest BCUT2D eigenvalue weighted by molar-refractivity contribution is 6.16. The summed E-state index contributed by atoms with van der Waals surface area (Å²) < 4.78 is 13.6. The van der Waals surface area contributed by atoms with Crippen LogP contribution in [0.5, 0.6) is 11.5 Å². The van der Waals surface area contributed by atoms with Crippen LogP contribution in [0.4, 0.5) is 10.5 Å². The van der Waals surface area contributed by atoms with Gasteiger partial charge in [0.15, 0.2) is 5.76 Å². The number of allylic oxidation sites excluding steroid dienone is 1. The Kier molecular flexibility index (Phi) is 6.11. The fourth-order valence-corrected chi connectivity index (χ4v) is 3.98. The van der Waals surface area contributed by atoms with Crippen LogP contribution in [0.15, 0.2) is 42.2 Å². The van der Waals surface area contributed by atoms with Gasteiger partial charge in [-0.25, -0.2) is 4.79 Å². The maximum Gasteiger partial charge on any atom is 0.318 e. The zero-order valence-corrected chi connectivity index (χ0v) is 19.5. The highest BCUT2D eigenvalue weighted by Crippen LogP contribution is 2.36. The third kappa shape index (κ3) is 4.29. The summed E-state index contributed by atoms with van der Waals surface area (Å²) in [6.07, 6.45) is 1.80. The van der Waals surface area contributed by atoms with Gasteiger partial charge in [0.2, 0.25) is 5.78 Å². The van der Waals surface area contributed by atoms with Crippen LogP contribution in [0.25, 0.3) is 17.0 Å². The molecule has 3 aromatic rings. The van der Waals surface area contributed by atoms with Gasteiger partial charge in [-0.05, 0) is 63.5 Å². The second kappa shape index (κ2) is 8.99. The zero-order chi connectivity index (χ0) is 23.7. The van der Waals surface area contributed by atoms with Gasteiger partial charge in [0, 0.05) is 48.0 Å². The number of nitrogens with zero attached hydrogens (tertiary/aromatic N) is 2. The van der Waals surface area contributed by atoms with Crippen LogP contribution >= 0.6 is 0 Å². The largest absolute Gasteiger partial charge is 0.497 e. The van der Waals surface area contributed by atoms with Crippen molar-refractivity contribution in [2.24, 2.45) is 0 Å². The van der Waals surface area contributed by atoms with E-state index in [-0.39, 0.29) is 17.6 Å². The van der Waals surface area contributed by atoms with Crippen molar-refractivity contribution in [2.45, 2.75) is 13.5 Å². The molecule has 172 valence electrons. The summed E-state index contributed by atoms with van der Waals surface area (Å²) in [5, 5.41) is 6.17. The molecule has 0 radical (unpaired) electrons. The predicted octanol–water partition coefficient (Wildman–Crippen LogP) is 3.89. The maximum absolute atomic E-state index is 13.1. The lowest BCUT2D eigenvalue weighted by atomic mass is 10.1. The van der Waals surface area contributed by atoms with Crippen molar-refractivity contribution in [3.63, 3.8) is 0 Å². The smallest absolute Gasteiger partial charge is 0.318 e. The molecule has 0 fully saturated rings. The van der Waals surface area contributed by atoms with Crippen molar-refractivity contribution in [3.05, 3.63) is 59.0 Å². The number of carbonyl (C=O) groups excluding carboxylic acids is 2. The second-order valence-electron chi connectivity index (χ2n) is 8.19. The van der Waals surface area contributed by atoms with Crippen LogP contribution in [-0.4, -0.2) is 56.1 Å². The number of fused-ring (bicyclic) bond motifs is 2. The molecule has 0 bridgehead atoms. The molecule has 0 unspecified atom stereocenters. The van der Waals surface area contributed by atoms with Gasteiger partial charge in [0.05, 0.1) is 12.7 Å². The molecular formula is C25H28N4O4. The van der Waals surface area contributed by atoms with Gasteiger partial charge in [0.25, 0.3) is 0 Å². The number of Topliss-reactive ketones (excluding diaryl/α,β-unsaturated/α-hetero) is 1. The van der Waals surface area contributed by atoms with Gasteiger partial charge in [-0.1, -0.05) is 0 Å². The molecule has 0 saturated heterocycles. The number of hydrogen-bond acceptors (Lipinski definition) is 5. The van der Waals surface area contributed by atoms with E-state index >= 15 is 0 Å². The first-order chi connectivity index (χ1) is 15.8. The SMILES string of the molecule is CNC(=O)Nc1ccc2c(c1)C(=O)/C(=C/c1c(C)n(CCN(C)C)c3ccc(OC)cc13)O2. The predicted molar refractivity (Wildman–Crippen MR) is 129 cm³/mol. The molecule has 2 N–H and O–H groups in total. The minimum absolute atomic E-state index is 0.220. The molecule has 2 aromatic carbocycles. The molecule has 1 aliphatic rings. The molecule has 1 aromatic heterocycles. The molecule has 8 heteroatoms. The highest BCUT2D eigenvalue weighted by atomic mass is 16.5. The topological polar surface area (TPSA) is 84.8 Å². The number of ether oxygens (including phenoxy) is 2. The first-order valence-corrected chi connectivity index (χ1v) is 10.7. The van der Waals surface area contributed by atoms with Gasteiger partial charge in [-0.3, -0.25) is 4.79 Å². The van der Waals surface area contributed by atoms with Crippen molar-refractivity contribution >= 4 is 34.5 Å². The summed E-state index contributed by atoms with van der Waals surface area (Å²) in [5.41, 5.74) is 3.97. The molecule has 8 nitrogen and oxygen atoms in total. The van der Waals surface area contributed by atoms with Crippen molar-refractivity contribution in [1.82, 2.24) is 14.8 Å². The number of nitrogens with one attached hydrogen (secondary N) is 2. The highest BCUT2D eigenvalue weighted by Gasteiger charge is 2.29. The Morgan fingerprint density at radius 2 is 2.00 bits per heavy atom. The summed E-state index contributed by atoms with van der Waals surface area (Å²) in [4.78, 5) is 26.9. The van der Waals surface area contributed by atoms with E-state index in [0.717, 1.165) is 41.0 Å². The average Bonchev–Trinajstić information content (AvgIpc) is 3.25. The van der Waals surface area contributed by atoms with E-state index in [1.807, 2.05) is 39.2 Å². The maximum atomic E-state index is 13.1. The van der Waals surface area contributed by atoms with E-state index in [9.17, 15) is 9.59 Å². The molecule has 0 aliphatic carbocycles. The van der Waals surface area contributed by atoms with Crippen molar-refractivity contribution in [2.75, 3.05) is 40.1 Å². The number of hydrogen-bond donors (Lipinski definition) is 2. The van der Waals surface area contributed by atoms with E-state index < -0.39 is 0 Å². The number of likely N-dealkylation sites (N-methyl/N-ethyl adjacent to an activating group) is 1. The number of anilines is 1. The van der Waals surface area contributed by atoms with Crippen LogP contribution in [0.3, 0.4) is 0 Å². The van der Waals surface area contributed by atoms with E-state index in [0.29, 0.717) is 17.0 Å². The molecule has 33 heavy (non-hydrogen) atoms. The standard InChI is InChI=1S/C25H28N4O4/c1-15-18(19-13-17(32-5)7-8-21(19)29(15)11-10-28(3)4)14-23-24(30)20-12-16(27-25(31)26-2)6-9-22(20)33-23/h6-9,12-14H,10-11H2,1-5H3,(H2,26,27,31)/b23-14-. The van der Waals surface area contributed by atoms with Crippen molar-refractivity contribution in [3.8, 4) is 11.5 Å². The van der Waals surface area contributed by atoms with E-state index in [2.05, 4.69) is 20.1 Å². The molecular weight excluding hydrogens is 420 g/mol. The Bertz CT molecular complexity index is 1270. The van der Waals surface area contributed by atoms with E-state index in [1.54, 1.807) is 31.4 Å². The van der Waals surface area contributed by atoms with E-state index in [4.69, 9.17) is 9.47 Å². The summed E-state index contributed by atoms with van der Waals surface area (Å²) in [6, 6.07) is 10.6. The number of amides is 2. The van der Waals surface area contributed by atoms with Gasteiger partial charge >= 0.3 is 6.03 Å². The van der Waals surface area contributed by atoms with Gasteiger partial charge < -0.3 is 29.6 Å². The lowest BCUT2D eigenvalue weighted by molar-refractivity contribution is 0.101. The number of benzene rings is 2. The van der Waals surface area contributed by atoms with Crippen LogP contribution in [0.2, 0.25) is 0 Å². The zero-order valence-electron chi connectivity index (χ0n) is 19.5. The minimum atomic E-state index is -0.354. The van der Waals surface area contributed by atoms with Gasteiger partial charge in [0.1, 0.15) is 11.5 Å². The average molecular weight is 449 g/mol. The van der Waals surface area contributed by atoms with Crippen LogP contribution in [0.1, 0.15) is 21.6 Å². The minimum Gasteiger partial charge on any atom is -0.497 e. The summed E-state index contributed by atoms with van der Waals surface area (Å²) in [7, 11) is 7.26. The first-order valence-electron chi connectivity index (χ1n) is 10.7. The number of methoxy groups -OCH3 is 1. The van der Waals surface area contributed by atoms with Crippen molar-refractivity contribution in [1.29, 1.82) is 0 Å². The van der Waals surface area contributed by atoms with Crippen LogP contribution in [0, 0.1) is 6.92 Å². The Balaban J connectivity index is 1.75. The quantitative estimate of drug-likeness (QED) is 0.559. The Morgan fingerprint density at radius 1 is 1.21 bits per heavy atom. The third-order valence-corrected chi connectivity index (χ3v) is 5.78. The lowest BCUT2D eigenvalue weighted by Gasteiger charge is -2.13. The Hall–Kier alpha value is -3.78. The molecule has 0 atom stereocenters. The lowest BCUT2D eigenvalue weighted by Crippen LogP contribution is -2.24. The van der Waals surface area contributed by atoms with Crippen LogP contribution in [-0.2, 0) is 6.54 Å². The number of ketones is 1. The van der Waals surface area contributed by atoms with Crippen LogP contribution < -0.4 is 20.1 Å². The van der Waals surface area contributed by atoms with Crippen molar-refractivity contribution < 1.29 is 19.1 Å². The molecule has 4 rings (SSSR count). The summed E-state index contributed by atoms with van der Waals surface area (Å²) in [6.45, 7) is 3.75. The third-order valence-electron chi connectivity index (χ3n) is 5.78. The van der Waals surface area contributed by atoms with Gasteiger partial charge in [-0.2, -0.15) is 0 Å². The normalized spacial score (nSPS) is 14.0. The Morgan fingerprint density at radius 3 is 2.70 bits per heavy atom. The van der Waals surface area contributed by atoms with E-state index in [1.165, 1.54) is 7.05 Å². The van der Waals surface area contributed by atoms with Gasteiger partial charge in [-0.15, -0.1) is 0 Å².